The maximum atomic E-state index is 12.0. The summed E-state index contributed by atoms with van der Waals surface area (Å²) in [5.41, 5.74) is 7.41. The molecule has 1 aromatic heterocycles. The molecule has 0 aliphatic carbocycles. The summed E-state index contributed by atoms with van der Waals surface area (Å²) in [6.45, 7) is 3.17. The lowest BCUT2D eigenvalue weighted by Crippen LogP contribution is -2.32. The van der Waals surface area contributed by atoms with Gasteiger partial charge in [0.25, 0.3) is 0 Å². The average Bonchev–Trinajstić information content (AvgIpc) is 2.84. The van der Waals surface area contributed by atoms with Crippen LogP contribution in [0.3, 0.4) is 0 Å². The number of benzene rings is 1. The normalized spacial score (nSPS) is 12.5. The van der Waals surface area contributed by atoms with E-state index in [0.29, 0.717) is 13.2 Å². The minimum Gasteiger partial charge on any atom is -0.399 e. The highest BCUT2D eigenvalue weighted by Crippen LogP contribution is 2.32. The Bertz CT molecular complexity index is 615. The lowest BCUT2D eigenvalue weighted by molar-refractivity contribution is -0.120. The Morgan fingerprint density at radius 1 is 1.57 bits per heavy atom. The van der Waals surface area contributed by atoms with Crippen LogP contribution >= 0.6 is 23.1 Å². The quantitative estimate of drug-likeness (QED) is 0.465. The third-order valence-corrected chi connectivity index (χ3v) is 5.08. The number of amides is 1. The van der Waals surface area contributed by atoms with Crippen molar-refractivity contribution in [2.75, 3.05) is 26.0 Å². The summed E-state index contributed by atoms with van der Waals surface area (Å²) in [7, 11) is 1.65. The summed E-state index contributed by atoms with van der Waals surface area (Å²) in [5, 5.41) is 2.72. The highest BCUT2D eigenvalue weighted by molar-refractivity contribution is 8.02. The highest BCUT2D eigenvalue weighted by atomic mass is 32.2. The van der Waals surface area contributed by atoms with Crippen molar-refractivity contribution < 1.29 is 9.53 Å². The Balaban J connectivity index is 1.91. The molecule has 1 atom stereocenters. The number of thiazole rings is 1. The zero-order valence-electron chi connectivity index (χ0n) is 12.1. The van der Waals surface area contributed by atoms with E-state index in [1.54, 1.807) is 18.4 Å². The first-order chi connectivity index (χ1) is 10.1. The van der Waals surface area contributed by atoms with Crippen molar-refractivity contribution >= 4 is 44.9 Å². The number of nitrogen functional groups attached to an aromatic ring is 1. The van der Waals surface area contributed by atoms with E-state index < -0.39 is 0 Å². The van der Waals surface area contributed by atoms with Gasteiger partial charge in [-0.15, -0.1) is 11.3 Å². The third-order valence-electron chi connectivity index (χ3n) is 2.86. The van der Waals surface area contributed by atoms with Crippen LogP contribution in [0, 0.1) is 0 Å². The Hall–Kier alpha value is -1.31. The topological polar surface area (TPSA) is 77.2 Å². The number of hydrogen-bond acceptors (Lipinski definition) is 6. The van der Waals surface area contributed by atoms with E-state index in [2.05, 4.69) is 10.3 Å². The van der Waals surface area contributed by atoms with Gasteiger partial charge in [0.2, 0.25) is 5.91 Å². The molecule has 1 unspecified atom stereocenters. The average molecular weight is 325 g/mol. The molecular weight excluding hydrogens is 306 g/mol. The largest absolute Gasteiger partial charge is 0.399 e. The molecule has 0 spiro atoms. The van der Waals surface area contributed by atoms with Gasteiger partial charge in [-0.1, -0.05) is 11.8 Å². The molecule has 0 fully saturated rings. The van der Waals surface area contributed by atoms with Gasteiger partial charge in [0.1, 0.15) is 0 Å². The minimum atomic E-state index is -0.176. The minimum absolute atomic E-state index is 0.0230. The van der Waals surface area contributed by atoms with Crippen molar-refractivity contribution in [3.63, 3.8) is 0 Å². The first kappa shape index (κ1) is 16.1. The number of hydrogen-bond donors (Lipinski definition) is 2. The van der Waals surface area contributed by atoms with Gasteiger partial charge in [-0.25, -0.2) is 4.98 Å². The van der Waals surface area contributed by atoms with Crippen molar-refractivity contribution in [2.24, 2.45) is 0 Å². The molecule has 0 aliphatic rings. The molecule has 0 bridgehead atoms. The van der Waals surface area contributed by atoms with Crippen molar-refractivity contribution in [1.82, 2.24) is 10.3 Å². The number of rotatable bonds is 7. The Morgan fingerprint density at radius 3 is 3.14 bits per heavy atom. The monoisotopic (exact) mass is 325 g/mol. The first-order valence-corrected chi connectivity index (χ1v) is 8.39. The van der Waals surface area contributed by atoms with E-state index in [-0.39, 0.29) is 11.2 Å². The number of ether oxygens (including phenoxy) is 1. The molecule has 0 radical (unpaired) electrons. The van der Waals surface area contributed by atoms with Crippen LogP contribution in [-0.2, 0) is 9.53 Å². The van der Waals surface area contributed by atoms with Crippen LogP contribution in [0.15, 0.2) is 22.5 Å². The summed E-state index contributed by atoms with van der Waals surface area (Å²) in [6, 6.07) is 5.65. The number of methoxy groups -OCH3 is 1. The molecule has 0 saturated heterocycles. The number of aromatic nitrogens is 1. The fourth-order valence-electron chi connectivity index (χ4n) is 1.75. The molecule has 1 aromatic carbocycles. The van der Waals surface area contributed by atoms with Crippen molar-refractivity contribution in [3.05, 3.63) is 18.2 Å². The standard InChI is InChI=1S/C14H19N3O2S2/c1-9(13(18)16-6-3-7-19-2)20-14-17-11-5-4-10(15)8-12(11)21-14/h4-5,8-9H,3,6-7,15H2,1-2H3,(H,16,18). The van der Waals surface area contributed by atoms with Crippen molar-refractivity contribution in [3.8, 4) is 0 Å². The van der Waals surface area contributed by atoms with Gasteiger partial charge < -0.3 is 15.8 Å². The predicted octanol–water partition coefficient (Wildman–Crippen LogP) is 2.51. The zero-order valence-corrected chi connectivity index (χ0v) is 13.7. The molecule has 5 nitrogen and oxygen atoms in total. The summed E-state index contributed by atoms with van der Waals surface area (Å²) in [5.74, 6) is 0.0230. The summed E-state index contributed by atoms with van der Waals surface area (Å²) in [6.07, 6.45) is 0.819. The summed E-state index contributed by atoms with van der Waals surface area (Å²) in [4.78, 5) is 16.5. The van der Waals surface area contributed by atoms with Crippen LogP contribution in [0.2, 0.25) is 0 Å². The van der Waals surface area contributed by atoms with E-state index in [1.165, 1.54) is 11.8 Å². The fourth-order valence-corrected chi connectivity index (χ4v) is 4.03. The Labute approximate surface area is 132 Å². The maximum absolute atomic E-state index is 12.0. The summed E-state index contributed by atoms with van der Waals surface area (Å²) < 4.78 is 6.88. The molecule has 114 valence electrons. The number of nitrogens with two attached hydrogens (primary N) is 1. The number of carbonyl (C=O) groups is 1. The second-order valence-corrected chi connectivity index (χ2v) is 7.22. The van der Waals surface area contributed by atoms with E-state index >= 15 is 0 Å². The fraction of sp³-hybridized carbons (Fsp3) is 0.429. The Morgan fingerprint density at radius 2 is 2.38 bits per heavy atom. The number of carbonyl (C=O) groups excluding carboxylic acids is 1. The highest BCUT2D eigenvalue weighted by Gasteiger charge is 2.16. The second kappa shape index (κ2) is 7.63. The molecule has 2 aromatic rings. The number of nitrogens with zero attached hydrogens (tertiary/aromatic N) is 1. The van der Waals surface area contributed by atoms with Crippen LogP contribution in [0.4, 0.5) is 5.69 Å². The van der Waals surface area contributed by atoms with Gasteiger partial charge in [-0.3, -0.25) is 4.79 Å². The van der Waals surface area contributed by atoms with Gasteiger partial charge in [0.15, 0.2) is 4.34 Å². The second-order valence-electron chi connectivity index (χ2n) is 4.60. The third kappa shape index (κ3) is 4.59. The summed E-state index contributed by atoms with van der Waals surface area (Å²) >= 11 is 3.03. The number of fused-ring (bicyclic) bond motifs is 1. The van der Waals surface area contributed by atoms with Crippen LogP contribution in [0.1, 0.15) is 13.3 Å². The van der Waals surface area contributed by atoms with Crippen LogP contribution < -0.4 is 11.1 Å². The van der Waals surface area contributed by atoms with E-state index in [0.717, 1.165) is 26.7 Å². The van der Waals surface area contributed by atoms with E-state index in [4.69, 9.17) is 10.5 Å². The van der Waals surface area contributed by atoms with Crippen molar-refractivity contribution in [1.29, 1.82) is 0 Å². The maximum Gasteiger partial charge on any atom is 0.233 e. The predicted molar refractivity (Wildman–Crippen MR) is 88.9 cm³/mol. The number of anilines is 1. The molecule has 0 saturated carbocycles. The SMILES string of the molecule is COCCCNC(=O)C(C)Sc1nc2ccc(N)cc2s1. The van der Waals surface area contributed by atoms with Crippen LogP contribution in [0.25, 0.3) is 10.2 Å². The molecule has 3 N–H and O–H groups in total. The number of thioether (sulfide) groups is 1. The molecule has 7 heteroatoms. The molecule has 1 heterocycles. The van der Waals surface area contributed by atoms with Gasteiger partial charge in [-0.05, 0) is 31.5 Å². The molecular formula is C14H19N3O2S2. The molecule has 1 amide bonds. The lowest BCUT2D eigenvalue weighted by Gasteiger charge is -2.09. The van der Waals surface area contributed by atoms with E-state index in [1.807, 2.05) is 25.1 Å². The zero-order chi connectivity index (χ0) is 15.2. The number of nitrogens with one attached hydrogen (secondary N) is 1. The van der Waals surface area contributed by atoms with Gasteiger partial charge in [0.05, 0.1) is 15.5 Å². The first-order valence-electron chi connectivity index (χ1n) is 6.69. The van der Waals surface area contributed by atoms with Gasteiger partial charge >= 0.3 is 0 Å². The smallest absolute Gasteiger partial charge is 0.233 e. The Kier molecular flexibility index (Phi) is 5.84. The molecule has 0 aliphatic heterocycles. The van der Waals surface area contributed by atoms with Crippen LogP contribution in [-0.4, -0.2) is 36.4 Å². The molecule has 2 rings (SSSR count). The lowest BCUT2D eigenvalue weighted by atomic mass is 10.3. The van der Waals surface area contributed by atoms with Crippen molar-refractivity contribution in [2.45, 2.75) is 22.9 Å². The van der Waals surface area contributed by atoms with E-state index in [9.17, 15) is 4.79 Å². The van der Waals surface area contributed by atoms with Crippen LogP contribution in [0.5, 0.6) is 0 Å². The van der Waals surface area contributed by atoms with Gasteiger partial charge in [0, 0.05) is 25.9 Å². The van der Waals surface area contributed by atoms with Gasteiger partial charge in [-0.2, -0.15) is 0 Å². The molecule has 21 heavy (non-hydrogen) atoms.